The van der Waals surface area contributed by atoms with E-state index in [9.17, 15) is 113 Å². The topological polar surface area (TPSA) is 640 Å². The van der Waals surface area contributed by atoms with Gasteiger partial charge in [-0.05, 0) is 18.6 Å². The van der Waals surface area contributed by atoms with Crippen molar-refractivity contribution in [3.05, 3.63) is 111 Å². The number of phenolic OH excluding ortho intramolecular Hbond substituents is 8. The SMILES string of the molecule is C.CC(=O)[O-].COC(=O)Cc1c(Cl)c(O)c(C(=O)O)c(O)c1C(=O)OC.COC(=O)Cc1c(Cl)c(O)c(C(=O)OC)c(O)c1C(=O)OC.COC(=O)Cc1c(Cl)c(O)cc(O)c1C(=O)OC.COC(=O)Cc1cc(O)c(C(=O)OC)c(O)c1C(=O)OC.COC(=O)c1c(O)cc(O)c(Cl)c1CC(=O)O.II.II.O=S(=O)(Cl)Cl.[H-].[H-].[H-].[H-].[HH].[HH].[K+].[K+].[K+].[K+].[Na+]. The summed E-state index contributed by atoms with van der Waals surface area (Å²) in [5.74, 6) is -21.4. The van der Waals surface area contributed by atoms with Crippen LogP contribution >= 0.6 is 142 Å². The summed E-state index contributed by atoms with van der Waals surface area (Å²) >= 11 is 31.6. The van der Waals surface area contributed by atoms with Crippen LogP contribution in [0.4, 0.5) is 0 Å². The number of esters is 11. The van der Waals surface area contributed by atoms with Crippen LogP contribution in [0.5, 0.6) is 57.5 Å². The summed E-state index contributed by atoms with van der Waals surface area (Å²) in [6.07, 6.45) is -2.49. The van der Waals surface area contributed by atoms with E-state index in [1.807, 2.05) is 0 Å². The Balaban J connectivity index is -0.0000000792. The first-order valence-electron chi connectivity index (χ1n) is 27.9. The van der Waals surface area contributed by atoms with Gasteiger partial charge in [0.2, 0.25) is 0 Å². The second kappa shape index (κ2) is 70.8. The summed E-state index contributed by atoms with van der Waals surface area (Å²) in [6.45, 7) is 0.972. The minimum Gasteiger partial charge on any atom is -1.00 e. The van der Waals surface area contributed by atoms with E-state index in [1.54, 1.807) is 0 Å². The van der Waals surface area contributed by atoms with E-state index in [-0.39, 0.29) is 306 Å². The quantitative estimate of drug-likeness (QED) is 0.0128. The van der Waals surface area contributed by atoms with E-state index in [1.165, 1.54) is 0 Å². The molecule has 0 aromatic heterocycles. The Morgan fingerprint density at radius 1 is 0.356 bits per heavy atom. The molecule has 642 valence electrons. The Kier molecular flexibility index (Phi) is 82.5. The van der Waals surface area contributed by atoms with Crippen molar-refractivity contribution >= 4 is 234 Å². The van der Waals surface area contributed by atoms with Crippen LogP contribution in [0.25, 0.3) is 0 Å². The Labute approximate surface area is 947 Å². The molecule has 0 atom stereocenters. The summed E-state index contributed by atoms with van der Waals surface area (Å²) in [7, 11) is 16.6. The number of aromatic carboxylic acids is 1. The third kappa shape index (κ3) is 45.5. The van der Waals surface area contributed by atoms with Gasteiger partial charge in [0.15, 0.2) is 11.5 Å². The number of carboxylic acids is 3. The first kappa shape index (κ1) is 137. The molecule has 56 heteroatoms. The summed E-state index contributed by atoms with van der Waals surface area (Å²) in [4.78, 5) is 157. The van der Waals surface area contributed by atoms with E-state index >= 15 is 0 Å². The predicted octanol–water partition coefficient (Wildman–Crippen LogP) is -5.60. The number of aliphatic carboxylic acids is 2. The minimum absolute atomic E-state index is 0. The van der Waals surface area contributed by atoms with E-state index < -0.39 is 218 Å². The largest absolute Gasteiger partial charge is 1.00 e. The molecule has 0 saturated carbocycles. The standard InChI is InChI=1S/C13H13ClO8.C13H14O8.C12H11ClO8.C11H11ClO6.C10H9ClO6.C2H4O2.CH4.Cl2O2S.2I2.4K.Na.2H2.4H/c1-20-6(15)4-5-7(12(18)21-2)10(16)8(13(19)22-3)11(17)9(5)14;1-19-8(15)5-6-4-7(14)10(13(18)21-3)11(16)9(6)12(17)20-2;1-20-5(14)3-4-6(12(19)21-2)9(15)7(11(17)18)10(16)8(4)13;1-17-8(15)3-5-9(11(16)18-2)6(13)4-7(14)10(5)12;1-17-10(16)8-4(2-7(14)15)9(11)6(13)3-5(8)12;1-2(3)4;;1-5(2,3)4;2*1-2;;;;;;;;;;;/h16-17H,4H2,1-3H3;4,14,16H,5H2,1-3H3;15-16H,3H2,1-2H3,(H,17,18);4,13-14H,3H2,1-2H3;3,12-13H,2H2,1H3,(H,14,15);1H3,(H,3,4);1H4;;;;;;;;;2*1H;;;;/q;;;;;;;;;;5*+1;;;4*-1/p-1. The second-order valence-electron chi connectivity index (χ2n) is 19.0. The van der Waals surface area contributed by atoms with Crippen LogP contribution in [-0.4, -0.2) is 231 Å². The Bertz CT molecular complexity index is 4480. The number of hydrogen-bond donors (Lipinski definition) is 12. The Morgan fingerprint density at radius 2 is 0.568 bits per heavy atom. The fraction of sp³-hybridized carbons (Fsp3) is 0.290. The number of ether oxygens (including phenoxy) is 11. The van der Waals surface area contributed by atoms with Crippen LogP contribution in [0.1, 0.15) is 134 Å². The van der Waals surface area contributed by atoms with Gasteiger partial charge >= 0.3 is 321 Å². The smallest absolute Gasteiger partial charge is 1.00 e. The molecule has 0 aliphatic carbocycles. The Hall–Kier alpha value is -1.16. The maximum atomic E-state index is 11.8. The number of halogens is 10. The van der Waals surface area contributed by atoms with Crippen molar-refractivity contribution in [3.8, 4) is 57.5 Å². The average molecular weight is 2390 g/mol. The first-order chi connectivity index (χ1) is 51.9. The van der Waals surface area contributed by atoms with Crippen molar-refractivity contribution in [1.29, 1.82) is 0 Å². The molecule has 0 saturated heterocycles. The van der Waals surface area contributed by atoms with Crippen molar-refractivity contribution in [1.82, 2.24) is 0 Å². The number of carboxylic acid groups (broad SMARTS) is 3. The van der Waals surface area contributed by atoms with Crippen LogP contribution in [0.2, 0.25) is 20.1 Å². The maximum Gasteiger partial charge on any atom is 1.00 e. The number of aromatic hydroxyl groups is 10. The third-order valence-electron chi connectivity index (χ3n) is 12.5. The van der Waals surface area contributed by atoms with Gasteiger partial charge in [0.05, 0.1) is 130 Å². The molecule has 5 aromatic rings. The Morgan fingerprint density at radius 3 is 0.839 bits per heavy atom. The first-order valence-corrected chi connectivity index (χ1v) is 45.2. The zero-order chi connectivity index (χ0) is 88.6. The molecule has 0 aliphatic heterocycles. The number of carbonyl (C=O) groups is 14. The molecule has 12 N–H and O–H groups in total. The molecule has 0 bridgehead atoms. The number of methoxy groups -OCH3 is 11. The molecule has 0 amide bonds. The summed E-state index contributed by atoms with van der Waals surface area (Å²) in [5, 5.41) is 122. The molecule has 118 heavy (non-hydrogen) atoms. The number of benzene rings is 5. The van der Waals surface area contributed by atoms with Gasteiger partial charge in [-0.3, -0.25) is 24.0 Å². The molecule has 0 fully saturated rings. The van der Waals surface area contributed by atoms with E-state index in [4.69, 9.17) is 74.9 Å². The van der Waals surface area contributed by atoms with Crippen LogP contribution in [0.15, 0.2) is 18.2 Å². The average Bonchev–Trinajstić information content (AvgIpc) is 0.780. The van der Waals surface area contributed by atoms with Crippen molar-refractivity contribution in [3.63, 3.8) is 0 Å². The normalized spacial score (nSPS) is 9.17. The van der Waals surface area contributed by atoms with Gasteiger partial charge in [-0.25, -0.2) is 38.4 Å². The van der Waals surface area contributed by atoms with Crippen molar-refractivity contribution in [2.45, 2.75) is 46.5 Å². The molecule has 5 rings (SSSR count). The predicted molar refractivity (Wildman–Crippen MR) is 432 cm³/mol. The molecule has 0 aliphatic rings. The van der Waals surface area contributed by atoms with Crippen LogP contribution in [0, 0.1) is 0 Å². The van der Waals surface area contributed by atoms with Crippen molar-refractivity contribution < 1.29 is 438 Å². The van der Waals surface area contributed by atoms with Crippen LogP contribution < -0.4 is 240 Å². The summed E-state index contributed by atoms with van der Waals surface area (Å²) in [6, 6.07) is 2.74. The molecule has 0 radical (unpaired) electrons. The molecule has 5 aromatic carbocycles. The zero-order valence-electron chi connectivity index (χ0n) is 67.8. The van der Waals surface area contributed by atoms with Gasteiger partial charge in [-0.15, -0.1) is 0 Å². The molecular weight excluding hydrogens is 2320 g/mol. The molecule has 0 spiro atoms. The van der Waals surface area contributed by atoms with Gasteiger partial charge in [-0.1, -0.05) is 53.8 Å². The van der Waals surface area contributed by atoms with Gasteiger partial charge in [0.25, 0.3) is 0 Å². The van der Waals surface area contributed by atoms with Gasteiger partial charge in [0.1, 0.15) is 90.5 Å². The van der Waals surface area contributed by atoms with Crippen molar-refractivity contribution in [2.24, 2.45) is 0 Å². The molecule has 0 heterocycles. The number of phenols is 10. The minimum atomic E-state index is -3.72. The summed E-state index contributed by atoms with van der Waals surface area (Å²) in [5.41, 5.74) is -5.28. The second-order valence-corrected chi connectivity index (χ2v) is 24.2. The monoisotopic (exact) mass is 2390 g/mol. The molecule has 40 nitrogen and oxygen atoms in total. The third-order valence-corrected chi connectivity index (χ3v) is 14.1. The fourth-order valence-electron chi connectivity index (χ4n) is 7.83. The van der Waals surface area contributed by atoms with Gasteiger partial charge < -0.3 is 129 Å². The van der Waals surface area contributed by atoms with Crippen molar-refractivity contribution in [2.75, 3.05) is 78.2 Å². The van der Waals surface area contributed by atoms with Crippen LogP contribution in [0.3, 0.4) is 0 Å². The van der Waals surface area contributed by atoms with Gasteiger partial charge in [0, 0.05) is 139 Å². The number of hydrogen-bond acceptors (Lipinski definition) is 38. The van der Waals surface area contributed by atoms with E-state index in [0.29, 0.717) is 0 Å². The number of carbonyl (C=O) groups excluding carboxylic acids is 12. The fourth-order valence-corrected chi connectivity index (χ4v) is 8.77. The van der Waals surface area contributed by atoms with Crippen LogP contribution in [-0.2, 0) is 121 Å². The zero-order valence-corrected chi connectivity index (χ0v) is 92.2. The van der Waals surface area contributed by atoms with Gasteiger partial charge in [-0.2, -0.15) is 8.42 Å². The molecular formula is C62H73Cl6I4K4NaO40S. The summed E-state index contributed by atoms with van der Waals surface area (Å²) < 4.78 is 67.2. The van der Waals surface area contributed by atoms with E-state index in [0.717, 1.165) is 103 Å². The van der Waals surface area contributed by atoms with E-state index in [2.05, 4.69) is 148 Å². The number of rotatable bonds is 18. The molecule has 0 unspecified atom stereocenters. The maximum absolute atomic E-state index is 11.8.